The van der Waals surface area contributed by atoms with Crippen LogP contribution in [0, 0.1) is 0 Å². The number of aromatic nitrogens is 2. The highest BCUT2D eigenvalue weighted by Crippen LogP contribution is 2.33. The minimum atomic E-state index is -0.0255. The summed E-state index contributed by atoms with van der Waals surface area (Å²) in [6.45, 7) is 11.6. The fourth-order valence-corrected chi connectivity index (χ4v) is 5.52. The van der Waals surface area contributed by atoms with Crippen LogP contribution in [0.3, 0.4) is 0 Å². The number of halogens is 1. The summed E-state index contributed by atoms with van der Waals surface area (Å²) < 4.78 is 0. The van der Waals surface area contributed by atoms with Crippen molar-refractivity contribution in [3.05, 3.63) is 77.0 Å². The molecule has 2 fully saturated rings. The van der Waals surface area contributed by atoms with Gasteiger partial charge in [0.1, 0.15) is 6.33 Å². The van der Waals surface area contributed by atoms with Crippen LogP contribution in [0.25, 0.3) is 16.8 Å². The van der Waals surface area contributed by atoms with Gasteiger partial charge < -0.3 is 21.3 Å². The van der Waals surface area contributed by atoms with E-state index in [1.807, 2.05) is 17.9 Å². The summed E-state index contributed by atoms with van der Waals surface area (Å²) in [6.07, 6.45) is 9.21. The van der Waals surface area contributed by atoms with E-state index in [1.165, 1.54) is 12.5 Å². The third-order valence-corrected chi connectivity index (χ3v) is 7.80. The third kappa shape index (κ3) is 6.26. The number of likely N-dealkylation sites (tertiary alicyclic amines) is 1. The molecule has 2 aliphatic rings. The van der Waals surface area contributed by atoms with Gasteiger partial charge in [-0.05, 0) is 44.5 Å². The number of hydrogen-bond acceptors (Lipinski definition) is 7. The second kappa shape index (κ2) is 12.6. The number of carbonyl (C=O) groups excluding carboxylic acids is 1. The van der Waals surface area contributed by atoms with Crippen molar-refractivity contribution < 1.29 is 4.79 Å². The van der Waals surface area contributed by atoms with Gasteiger partial charge in [-0.15, -0.1) is 0 Å². The third-order valence-electron chi connectivity index (χ3n) is 7.48. The fraction of sp³-hybridized carbons (Fsp3) is 0.414. The SMILES string of the molecule is C=C(N)/C=C\C(=C/N)c1c(CC)ncnc1-c1ccc(C(=O)N2CCC(N3CCN(C)CC3)CC2)c(Cl)c1. The maximum atomic E-state index is 13.4. The standard InChI is InChI=1S/C29H38ClN7O/c1-4-26-27(22(18-31)6-5-20(2)32)28(34-19-33-26)21-7-8-24(25(30)17-21)29(38)37-11-9-23(10-12-37)36-15-13-35(3)14-16-36/h5-8,17-19,23H,2,4,9-16,31-32H2,1,3H3/b6-5-,22-18+. The Morgan fingerprint density at radius 3 is 2.45 bits per heavy atom. The summed E-state index contributed by atoms with van der Waals surface area (Å²) in [4.78, 5) is 29.3. The first-order valence-corrected chi connectivity index (χ1v) is 13.6. The van der Waals surface area contributed by atoms with Crippen LogP contribution in [-0.2, 0) is 6.42 Å². The van der Waals surface area contributed by atoms with Gasteiger partial charge in [0.15, 0.2) is 0 Å². The van der Waals surface area contributed by atoms with Crippen molar-refractivity contribution >= 4 is 23.1 Å². The van der Waals surface area contributed by atoms with Gasteiger partial charge in [0.05, 0.1) is 22.0 Å². The van der Waals surface area contributed by atoms with Gasteiger partial charge in [-0.25, -0.2) is 9.97 Å². The number of piperazine rings is 1. The lowest BCUT2D eigenvalue weighted by molar-refractivity contribution is 0.0519. The van der Waals surface area contributed by atoms with E-state index in [9.17, 15) is 4.79 Å². The molecule has 3 heterocycles. The molecule has 1 aromatic carbocycles. The largest absolute Gasteiger partial charge is 0.404 e. The van der Waals surface area contributed by atoms with E-state index in [4.69, 9.17) is 23.1 Å². The van der Waals surface area contributed by atoms with Crippen LogP contribution in [-0.4, -0.2) is 82.9 Å². The molecule has 9 heteroatoms. The molecule has 0 unspecified atom stereocenters. The van der Waals surface area contributed by atoms with E-state index in [2.05, 4.69) is 33.4 Å². The minimum Gasteiger partial charge on any atom is -0.404 e. The van der Waals surface area contributed by atoms with Gasteiger partial charge in [-0.3, -0.25) is 9.69 Å². The Balaban J connectivity index is 1.53. The second-order valence-corrected chi connectivity index (χ2v) is 10.4. The van der Waals surface area contributed by atoms with Crippen molar-refractivity contribution in [3.8, 4) is 11.3 Å². The van der Waals surface area contributed by atoms with Crippen LogP contribution in [0.4, 0.5) is 0 Å². The predicted molar refractivity (Wildman–Crippen MR) is 154 cm³/mol. The number of hydrogen-bond donors (Lipinski definition) is 2. The number of piperidine rings is 1. The monoisotopic (exact) mass is 535 g/mol. The van der Waals surface area contributed by atoms with E-state index >= 15 is 0 Å². The van der Waals surface area contributed by atoms with Gasteiger partial charge >= 0.3 is 0 Å². The van der Waals surface area contributed by atoms with Gasteiger partial charge in [-0.2, -0.15) is 0 Å². The predicted octanol–water partition coefficient (Wildman–Crippen LogP) is 3.54. The lowest BCUT2D eigenvalue weighted by Gasteiger charge is -2.42. The van der Waals surface area contributed by atoms with Crippen molar-refractivity contribution in [2.45, 2.75) is 32.2 Å². The van der Waals surface area contributed by atoms with Crippen LogP contribution in [0.1, 0.15) is 41.4 Å². The maximum Gasteiger partial charge on any atom is 0.255 e. The fourth-order valence-electron chi connectivity index (χ4n) is 5.26. The average molecular weight is 536 g/mol. The number of likely N-dealkylation sites (N-methyl/N-ethyl adjacent to an activating group) is 1. The number of nitrogens with two attached hydrogens (primary N) is 2. The van der Waals surface area contributed by atoms with E-state index in [1.54, 1.807) is 24.3 Å². The zero-order valence-electron chi connectivity index (χ0n) is 22.4. The molecule has 8 nitrogen and oxygen atoms in total. The van der Waals surface area contributed by atoms with E-state index < -0.39 is 0 Å². The molecule has 0 bridgehead atoms. The molecule has 1 amide bonds. The minimum absolute atomic E-state index is 0.0255. The number of carbonyl (C=O) groups is 1. The maximum absolute atomic E-state index is 13.4. The molecule has 4 N–H and O–H groups in total. The van der Waals surface area contributed by atoms with E-state index in [0.29, 0.717) is 34.4 Å². The molecule has 0 aliphatic carbocycles. The highest BCUT2D eigenvalue weighted by atomic mass is 35.5. The Labute approximate surface area is 230 Å². The highest BCUT2D eigenvalue weighted by Gasteiger charge is 2.29. The Morgan fingerprint density at radius 1 is 1.13 bits per heavy atom. The van der Waals surface area contributed by atoms with Crippen molar-refractivity contribution in [1.29, 1.82) is 0 Å². The molecule has 2 saturated heterocycles. The van der Waals surface area contributed by atoms with Crippen molar-refractivity contribution in [2.75, 3.05) is 46.3 Å². The molecular formula is C29H38ClN7O. The van der Waals surface area contributed by atoms with Crippen molar-refractivity contribution in [1.82, 2.24) is 24.7 Å². The quantitative estimate of drug-likeness (QED) is 0.522. The summed E-state index contributed by atoms with van der Waals surface area (Å²) in [5.74, 6) is -0.0255. The van der Waals surface area contributed by atoms with Gasteiger partial charge in [0, 0.05) is 73.9 Å². The van der Waals surface area contributed by atoms with Gasteiger partial charge in [0.25, 0.3) is 5.91 Å². The molecule has 0 atom stereocenters. The average Bonchev–Trinajstić information content (AvgIpc) is 2.93. The molecule has 0 spiro atoms. The van der Waals surface area contributed by atoms with Crippen LogP contribution in [0.5, 0.6) is 0 Å². The zero-order valence-corrected chi connectivity index (χ0v) is 23.1. The lowest BCUT2D eigenvalue weighted by Crippen LogP contribution is -2.53. The Morgan fingerprint density at radius 2 is 1.84 bits per heavy atom. The topological polar surface area (TPSA) is 105 Å². The Kier molecular flexibility index (Phi) is 9.20. The summed E-state index contributed by atoms with van der Waals surface area (Å²) in [5.41, 5.74) is 16.5. The van der Waals surface area contributed by atoms with Crippen LogP contribution >= 0.6 is 11.6 Å². The normalized spacial score (nSPS) is 18.3. The molecule has 202 valence electrons. The van der Waals surface area contributed by atoms with Gasteiger partial charge in [0.2, 0.25) is 0 Å². The molecule has 0 saturated carbocycles. The van der Waals surface area contributed by atoms with Crippen molar-refractivity contribution in [3.63, 3.8) is 0 Å². The molecule has 1 aromatic heterocycles. The number of aryl methyl sites for hydroxylation is 1. The first kappa shape index (κ1) is 27.8. The number of amides is 1. The first-order chi connectivity index (χ1) is 18.3. The number of allylic oxidation sites excluding steroid dienone is 3. The second-order valence-electron chi connectivity index (χ2n) is 9.99. The van der Waals surface area contributed by atoms with Crippen LogP contribution in [0.15, 0.2) is 55.2 Å². The lowest BCUT2D eigenvalue weighted by atomic mass is 9.95. The summed E-state index contributed by atoms with van der Waals surface area (Å²) in [5, 5.41) is 0.403. The molecule has 2 aromatic rings. The Hall–Kier alpha value is -3.20. The molecule has 4 rings (SSSR count). The molecule has 0 radical (unpaired) electrons. The highest BCUT2D eigenvalue weighted by molar-refractivity contribution is 6.34. The summed E-state index contributed by atoms with van der Waals surface area (Å²) in [7, 11) is 2.17. The van der Waals surface area contributed by atoms with E-state index in [0.717, 1.165) is 74.5 Å². The van der Waals surface area contributed by atoms with Gasteiger partial charge in [-0.1, -0.05) is 37.2 Å². The van der Waals surface area contributed by atoms with E-state index in [-0.39, 0.29) is 5.91 Å². The first-order valence-electron chi connectivity index (χ1n) is 13.2. The van der Waals surface area contributed by atoms with Crippen molar-refractivity contribution in [2.24, 2.45) is 11.5 Å². The molecule has 38 heavy (non-hydrogen) atoms. The Bertz CT molecular complexity index is 1230. The number of rotatable bonds is 7. The molecular weight excluding hydrogens is 498 g/mol. The smallest absolute Gasteiger partial charge is 0.255 e. The molecule has 2 aliphatic heterocycles. The number of benzene rings is 1. The summed E-state index contributed by atoms with van der Waals surface area (Å²) >= 11 is 6.71. The number of nitrogens with zero attached hydrogens (tertiary/aromatic N) is 5. The van der Waals surface area contributed by atoms with Crippen LogP contribution in [0.2, 0.25) is 5.02 Å². The summed E-state index contributed by atoms with van der Waals surface area (Å²) in [6, 6.07) is 6.04. The zero-order chi connectivity index (χ0) is 27.2. The van der Waals surface area contributed by atoms with Crippen LogP contribution < -0.4 is 11.5 Å².